The van der Waals surface area contributed by atoms with Gasteiger partial charge in [0.2, 0.25) is 5.76 Å². The molecule has 1 aliphatic heterocycles. The molecule has 1 aliphatic rings. The molecule has 1 aromatic heterocycles. The van der Waals surface area contributed by atoms with E-state index >= 15 is 0 Å². The molecule has 0 aliphatic carbocycles. The number of ether oxygens (including phenoxy) is 1. The van der Waals surface area contributed by atoms with Gasteiger partial charge in [-0.05, 0) is 24.2 Å². The summed E-state index contributed by atoms with van der Waals surface area (Å²) >= 11 is 1.78. The number of hydrogen-bond acceptors (Lipinski definition) is 5. The van der Waals surface area contributed by atoms with E-state index in [4.69, 9.17) is 9.26 Å². The summed E-state index contributed by atoms with van der Waals surface area (Å²) in [6.45, 7) is 4.16. The number of rotatable bonds is 2. The van der Waals surface area contributed by atoms with Crippen molar-refractivity contribution in [1.82, 2.24) is 5.16 Å². The Morgan fingerprint density at radius 3 is 2.86 bits per heavy atom. The van der Waals surface area contributed by atoms with Gasteiger partial charge in [0.05, 0.1) is 18.9 Å². The molecule has 110 valence electrons. The molecule has 3 rings (SSSR count). The molecule has 6 heteroatoms. The number of carbonyl (C=O) groups is 1. The fourth-order valence-corrected chi connectivity index (χ4v) is 3.52. The molecule has 0 saturated carbocycles. The van der Waals surface area contributed by atoms with Crippen LogP contribution in [-0.2, 0) is 0 Å². The Balaban J connectivity index is 2.01. The molecule has 0 radical (unpaired) electrons. The van der Waals surface area contributed by atoms with Gasteiger partial charge in [-0.2, -0.15) is 0 Å². The smallest absolute Gasteiger partial charge is 0.297 e. The molecule has 0 N–H and O–H groups in total. The zero-order chi connectivity index (χ0) is 15.0. The molecule has 5 nitrogen and oxygen atoms in total. The summed E-state index contributed by atoms with van der Waals surface area (Å²) in [5, 5.41) is 4.00. The lowest BCUT2D eigenvalue weighted by molar-refractivity contribution is 0.0941. The summed E-state index contributed by atoms with van der Waals surface area (Å²) in [5.41, 5.74) is 0.911. The lowest BCUT2D eigenvalue weighted by Crippen LogP contribution is -2.46. The van der Waals surface area contributed by atoms with Crippen molar-refractivity contribution in [2.24, 2.45) is 0 Å². The lowest BCUT2D eigenvalue weighted by atomic mass is 10.1. The van der Waals surface area contributed by atoms with Crippen LogP contribution in [0.3, 0.4) is 0 Å². The van der Waals surface area contributed by atoms with Crippen LogP contribution in [-0.4, -0.2) is 29.5 Å². The van der Waals surface area contributed by atoms with Gasteiger partial charge in [-0.3, -0.25) is 4.79 Å². The van der Waals surface area contributed by atoms with Crippen LogP contribution in [0.15, 0.2) is 39.8 Å². The van der Waals surface area contributed by atoms with E-state index in [-0.39, 0.29) is 17.7 Å². The molecule has 1 aromatic carbocycles. The molecular formula is C15H16N2O3S. The summed E-state index contributed by atoms with van der Waals surface area (Å²) in [5.74, 6) is 0.296. The maximum Gasteiger partial charge on any atom is 0.297 e. The molecular weight excluding hydrogens is 288 g/mol. The van der Waals surface area contributed by atoms with Crippen LogP contribution in [0, 0.1) is 0 Å². The van der Waals surface area contributed by atoms with Crippen LogP contribution in [0.4, 0.5) is 5.69 Å². The third-order valence-corrected chi connectivity index (χ3v) is 5.02. The van der Waals surface area contributed by atoms with Gasteiger partial charge in [-0.25, -0.2) is 0 Å². The average molecular weight is 304 g/mol. The van der Waals surface area contributed by atoms with E-state index in [0.29, 0.717) is 11.1 Å². The lowest BCUT2D eigenvalue weighted by Gasteiger charge is -2.38. The largest absolute Gasteiger partial charge is 0.479 e. The summed E-state index contributed by atoms with van der Waals surface area (Å²) in [4.78, 5) is 15.6. The van der Waals surface area contributed by atoms with E-state index in [2.05, 4.69) is 12.1 Å². The first-order valence-corrected chi connectivity index (χ1v) is 7.59. The number of carbonyl (C=O) groups excluding carboxylic acids is 1. The fourth-order valence-electron chi connectivity index (χ4n) is 2.35. The Bertz CT molecular complexity index is 670. The minimum absolute atomic E-state index is 0.0634. The zero-order valence-electron chi connectivity index (χ0n) is 12.1. The van der Waals surface area contributed by atoms with Crippen molar-refractivity contribution in [1.29, 1.82) is 0 Å². The number of fused-ring (bicyclic) bond motifs is 1. The standard InChI is InChI=1S/C15H16N2O3S/c1-9-10(2)21-13-7-5-4-6-11(13)17(9)15(18)12-8-14(19-3)16-20-12/h4-10H,1-3H3/t9-,10+/m0/s1. The molecule has 2 aromatic rings. The predicted octanol–water partition coefficient (Wildman–Crippen LogP) is 3.21. The van der Waals surface area contributed by atoms with Crippen molar-refractivity contribution < 1.29 is 14.1 Å². The normalized spacial score (nSPS) is 21.0. The topological polar surface area (TPSA) is 55.6 Å². The fraction of sp³-hybridized carbons (Fsp3) is 0.333. The highest BCUT2D eigenvalue weighted by atomic mass is 32.2. The van der Waals surface area contributed by atoms with Crippen LogP contribution in [0.25, 0.3) is 0 Å². The maximum absolute atomic E-state index is 12.8. The first-order valence-electron chi connectivity index (χ1n) is 6.71. The third kappa shape index (κ3) is 2.40. The van der Waals surface area contributed by atoms with Gasteiger partial charge in [-0.15, -0.1) is 11.8 Å². The summed E-state index contributed by atoms with van der Waals surface area (Å²) in [6, 6.07) is 9.48. The van der Waals surface area contributed by atoms with E-state index in [1.165, 1.54) is 13.2 Å². The van der Waals surface area contributed by atoms with Crippen molar-refractivity contribution in [2.75, 3.05) is 12.0 Å². The Hall–Kier alpha value is -1.95. The second kappa shape index (κ2) is 5.44. The number of thioether (sulfide) groups is 1. The van der Waals surface area contributed by atoms with Crippen molar-refractivity contribution in [3.8, 4) is 5.88 Å². The van der Waals surface area contributed by atoms with Crippen LogP contribution in [0.5, 0.6) is 5.88 Å². The van der Waals surface area contributed by atoms with Gasteiger partial charge in [0, 0.05) is 16.2 Å². The van der Waals surface area contributed by atoms with E-state index < -0.39 is 0 Å². The summed E-state index contributed by atoms with van der Waals surface area (Å²) in [7, 11) is 1.49. The van der Waals surface area contributed by atoms with Gasteiger partial charge < -0.3 is 14.2 Å². The Morgan fingerprint density at radius 2 is 2.14 bits per heavy atom. The molecule has 0 bridgehead atoms. The molecule has 0 unspecified atom stereocenters. The summed E-state index contributed by atoms with van der Waals surface area (Å²) < 4.78 is 10.1. The monoisotopic (exact) mass is 304 g/mol. The Morgan fingerprint density at radius 1 is 1.38 bits per heavy atom. The number of benzene rings is 1. The van der Waals surface area contributed by atoms with E-state index in [1.807, 2.05) is 31.2 Å². The molecule has 0 spiro atoms. The Kier molecular flexibility index (Phi) is 3.63. The van der Waals surface area contributed by atoms with Crippen molar-refractivity contribution in [3.63, 3.8) is 0 Å². The van der Waals surface area contributed by atoms with Crippen molar-refractivity contribution in [2.45, 2.75) is 30.0 Å². The number of methoxy groups -OCH3 is 1. The summed E-state index contributed by atoms with van der Waals surface area (Å²) in [6.07, 6.45) is 0. The van der Waals surface area contributed by atoms with Gasteiger partial charge in [0.15, 0.2) is 0 Å². The van der Waals surface area contributed by atoms with Crippen LogP contribution in [0.2, 0.25) is 0 Å². The zero-order valence-corrected chi connectivity index (χ0v) is 12.9. The first-order chi connectivity index (χ1) is 10.1. The highest BCUT2D eigenvalue weighted by molar-refractivity contribution is 8.00. The number of hydrogen-bond donors (Lipinski definition) is 0. The van der Waals surface area contributed by atoms with Gasteiger partial charge >= 0.3 is 0 Å². The van der Waals surface area contributed by atoms with E-state index in [0.717, 1.165) is 10.6 Å². The Labute approximate surface area is 127 Å². The minimum Gasteiger partial charge on any atom is -0.479 e. The van der Waals surface area contributed by atoms with Crippen molar-refractivity contribution in [3.05, 3.63) is 36.1 Å². The molecule has 2 heterocycles. The SMILES string of the molecule is COc1cc(C(=O)N2c3ccccc3S[C@H](C)[C@@H]2C)on1. The highest BCUT2D eigenvalue weighted by Crippen LogP contribution is 2.42. The van der Waals surface area contributed by atoms with Crippen LogP contribution < -0.4 is 9.64 Å². The van der Waals surface area contributed by atoms with E-state index in [1.54, 1.807) is 16.7 Å². The minimum atomic E-state index is -0.196. The quantitative estimate of drug-likeness (QED) is 0.852. The number of para-hydroxylation sites is 1. The van der Waals surface area contributed by atoms with Crippen LogP contribution >= 0.6 is 11.8 Å². The molecule has 21 heavy (non-hydrogen) atoms. The average Bonchev–Trinajstić information content (AvgIpc) is 2.97. The second-order valence-corrected chi connectivity index (χ2v) is 6.36. The van der Waals surface area contributed by atoms with Gasteiger partial charge in [0.1, 0.15) is 0 Å². The number of aromatic nitrogens is 1. The second-order valence-electron chi connectivity index (χ2n) is 4.94. The third-order valence-electron chi connectivity index (χ3n) is 3.65. The van der Waals surface area contributed by atoms with Crippen molar-refractivity contribution >= 4 is 23.4 Å². The maximum atomic E-state index is 12.8. The number of nitrogens with zero attached hydrogens (tertiary/aromatic N) is 2. The highest BCUT2D eigenvalue weighted by Gasteiger charge is 2.35. The molecule has 1 amide bonds. The van der Waals surface area contributed by atoms with E-state index in [9.17, 15) is 4.79 Å². The first kappa shape index (κ1) is 14.0. The van der Waals surface area contributed by atoms with Gasteiger partial charge in [0.25, 0.3) is 11.8 Å². The predicted molar refractivity (Wildman–Crippen MR) is 81.1 cm³/mol. The molecule has 0 saturated heterocycles. The van der Waals surface area contributed by atoms with Gasteiger partial charge in [-0.1, -0.05) is 19.1 Å². The number of anilines is 1. The molecule has 2 atom stereocenters. The van der Waals surface area contributed by atoms with Crippen LogP contribution in [0.1, 0.15) is 24.4 Å². The number of amides is 1. The molecule has 0 fully saturated rings.